The molecule has 1 aromatic heterocycles. The van der Waals surface area contributed by atoms with Crippen molar-refractivity contribution in [3.63, 3.8) is 0 Å². The summed E-state index contributed by atoms with van der Waals surface area (Å²) in [7, 11) is 0. The Hall–Kier alpha value is -2.83. The molecule has 33 heavy (non-hydrogen) atoms. The molecular weight excluding hydrogens is 418 g/mol. The van der Waals surface area contributed by atoms with Gasteiger partial charge in [0.2, 0.25) is 5.91 Å². The maximum atomic E-state index is 13.0. The van der Waals surface area contributed by atoms with Gasteiger partial charge in [0.1, 0.15) is 11.5 Å². The molecule has 1 N–H and O–H groups in total. The predicted octanol–water partition coefficient (Wildman–Crippen LogP) is 5.54. The van der Waals surface area contributed by atoms with Gasteiger partial charge in [-0.1, -0.05) is 31.3 Å². The standard InChI is InChI=1S/C26H35N3O4/c1-5-6-7-19-8-10-20(11-9-19)25(30)27-21-12-13-24-23(14-21)29(26(31)18(4)32-24)15-22-16(2)28-33-17(22)3/h12-14,18-20H,5-11,15H2,1-4H3,(H,27,30). The fourth-order valence-electron chi connectivity index (χ4n) is 4.98. The van der Waals surface area contributed by atoms with Crippen molar-refractivity contribution in [2.24, 2.45) is 11.8 Å². The van der Waals surface area contributed by atoms with Crippen LogP contribution in [0.4, 0.5) is 11.4 Å². The first kappa shape index (κ1) is 23.3. The molecule has 1 atom stereocenters. The van der Waals surface area contributed by atoms with Gasteiger partial charge in [0.25, 0.3) is 5.91 Å². The zero-order valence-corrected chi connectivity index (χ0v) is 20.1. The average Bonchev–Trinajstić information content (AvgIpc) is 3.13. The first-order chi connectivity index (χ1) is 15.9. The van der Waals surface area contributed by atoms with Crippen LogP contribution in [0.25, 0.3) is 0 Å². The molecule has 2 aromatic rings. The molecule has 1 aromatic carbocycles. The normalized spacial score (nSPS) is 22.6. The number of ether oxygens (including phenoxy) is 1. The van der Waals surface area contributed by atoms with Gasteiger partial charge in [-0.2, -0.15) is 0 Å². The molecule has 0 saturated heterocycles. The summed E-state index contributed by atoms with van der Waals surface area (Å²) in [4.78, 5) is 27.6. The monoisotopic (exact) mass is 453 g/mol. The van der Waals surface area contributed by atoms with E-state index in [4.69, 9.17) is 9.26 Å². The first-order valence-corrected chi connectivity index (χ1v) is 12.2. The lowest BCUT2D eigenvalue weighted by Gasteiger charge is -2.33. The number of amides is 2. The Morgan fingerprint density at radius 2 is 1.97 bits per heavy atom. The van der Waals surface area contributed by atoms with Crippen molar-refractivity contribution in [2.45, 2.75) is 85.3 Å². The van der Waals surface area contributed by atoms with E-state index in [1.807, 2.05) is 32.0 Å². The Bertz CT molecular complexity index is 987. The van der Waals surface area contributed by atoms with Crippen LogP contribution >= 0.6 is 0 Å². The third-order valence-electron chi connectivity index (χ3n) is 7.12. The van der Waals surface area contributed by atoms with Crippen LogP contribution in [0.3, 0.4) is 0 Å². The van der Waals surface area contributed by atoms with Gasteiger partial charge in [-0.05, 0) is 70.6 Å². The summed E-state index contributed by atoms with van der Waals surface area (Å²) in [5.41, 5.74) is 2.98. The lowest BCUT2D eigenvalue weighted by molar-refractivity contribution is -0.125. The second-order valence-corrected chi connectivity index (χ2v) is 9.52. The molecule has 0 radical (unpaired) electrons. The van der Waals surface area contributed by atoms with Gasteiger partial charge in [0, 0.05) is 17.2 Å². The average molecular weight is 454 g/mol. The van der Waals surface area contributed by atoms with Crippen molar-refractivity contribution in [3.05, 3.63) is 35.2 Å². The molecule has 1 unspecified atom stereocenters. The van der Waals surface area contributed by atoms with Crippen molar-refractivity contribution in [1.29, 1.82) is 0 Å². The van der Waals surface area contributed by atoms with Gasteiger partial charge < -0.3 is 19.5 Å². The minimum absolute atomic E-state index is 0.0511. The molecule has 2 heterocycles. The van der Waals surface area contributed by atoms with Crippen molar-refractivity contribution in [1.82, 2.24) is 5.16 Å². The summed E-state index contributed by atoms with van der Waals surface area (Å²) in [5.74, 6) is 2.08. The van der Waals surface area contributed by atoms with Gasteiger partial charge in [-0.3, -0.25) is 9.59 Å². The lowest BCUT2D eigenvalue weighted by atomic mass is 9.79. The third kappa shape index (κ3) is 5.07. The molecule has 0 spiro atoms. The highest BCUT2D eigenvalue weighted by Crippen LogP contribution is 2.38. The molecule has 2 aliphatic rings. The number of aryl methyl sites for hydroxylation is 2. The Morgan fingerprint density at radius 3 is 2.64 bits per heavy atom. The highest BCUT2D eigenvalue weighted by atomic mass is 16.5. The number of anilines is 2. The number of fused-ring (bicyclic) bond motifs is 1. The number of benzene rings is 1. The summed E-state index contributed by atoms with van der Waals surface area (Å²) < 4.78 is 11.1. The van der Waals surface area contributed by atoms with E-state index in [1.165, 1.54) is 19.3 Å². The van der Waals surface area contributed by atoms with Gasteiger partial charge >= 0.3 is 0 Å². The summed E-state index contributed by atoms with van der Waals surface area (Å²) in [6, 6.07) is 5.51. The number of rotatable bonds is 7. The summed E-state index contributed by atoms with van der Waals surface area (Å²) in [5, 5.41) is 7.10. The number of hydrogen-bond acceptors (Lipinski definition) is 5. The van der Waals surface area contributed by atoms with Crippen LogP contribution in [0.2, 0.25) is 0 Å². The van der Waals surface area contributed by atoms with Crippen LogP contribution in [0.15, 0.2) is 22.7 Å². The van der Waals surface area contributed by atoms with E-state index in [9.17, 15) is 9.59 Å². The molecule has 1 fully saturated rings. The van der Waals surface area contributed by atoms with Gasteiger partial charge in [-0.25, -0.2) is 0 Å². The van der Waals surface area contributed by atoms with Crippen LogP contribution in [-0.2, 0) is 16.1 Å². The smallest absolute Gasteiger partial charge is 0.268 e. The Kier molecular flexibility index (Phi) is 7.05. The molecule has 7 nitrogen and oxygen atoms in total. The Morgan fingerprint density at radius 1 is 1.21 bits per heavy atom. The molecule has 4 rings (SSSR count). The SMILES string of the molecule is CCCCC1CCC(C(=O)Nc2ccc3c(c2)N(Cc2c(C)noc2C)C(=O)C(C)O3)CC1. The minimum Gasteiger partial charge on any atom is -0.479 e. The fraction of sp³-hybridized carbons (Fsp3) is 0.577. The van der Waals surface area contributed by atoms with E-state index < -0.39 is 6.10 Å². The molecule has 2 amide bonds. The van der Waals surface area contributed by atoms with E-state index in [0.29, 0.717) is 29.4 Å². The van der Waals surface area contributed by atoms with Crippen molar-refractivity contribution in [2.75, 3.05) is 10.2 Å². The van der Waals surface area contributed by atoms with Gasteiger partial charge in [0.05, 0.1) is 17.9 Å². The molecule has 178 valence electrons. The second-order valence-electron chi connectivity index (χ2n) is 9.52. The molecule has 1 saturated carbocycles. The van der Waals surface area contributed by atoms with E-state index in [1.54, 1.807) is 11.8 Å². The van der Waals surface area contributed by atoms with E-state index in [0.717, 1.165) is 42.9 Å². The van der Waals surface area contributed by atoms with E-state index in [-0.39, 0.29) is 17.7 Å². The minimum atomic E-state index is -0.582. The molecule has 0 bridgehead atoms. The van der Waals surface area contributed by atoms with Crippen molar-refractivity contribution >= 4 is 23.2 Å². The van der Waals surface area contributed by atoms with Crippen LogP contribution in [-0.4, -0.2) is 23.1 Å². The number of hydrogen-bond donors (Lipinski definition) is 1. The van der Waals surface area contributed by atoms with E-state index >= 15 is 0 Å². The second kappa shape index (κ2) is 9.98. The molecular formula is C26H35N3O4. The van der Waals surface area contributed by atoms with Crippen LogP contribution < -0.4 is 15.0 Å². The maximum Gasteiger partial charge on any atom is 0.268 e. The summed E-state index contributed by atoms with van der Waals surface area (Å²) >= 11 is 0. The van der Waals surface area contributed by atoms with Crippen LogP contribution in [0.5, 0.6) is 5.75 Å². The molecule has 1 aliphatic carbocycles. The highest BCUT2D eigenvalue weighted by molar-refractivity contribution is 6.01. The quantitative estimate of drug-likeness (QED) is 0.595. The lowest BCUT2D eigenvalue weighted by Crippen LogP contribution is -2.44. The van der Waals surface area contributed by atoms with Crippen molar-refractivity contribution in [3.8, 4) is 5.75 Å². The Balaban J connectivity index is 1.48. The highest BCUT2D eigenvalue weighted by Gasteiger charge is 2.33. The largest absolute Gasteiger partial charge is 0.479 e. The number of carbonyl (C=O) groups excluding carboxylic acids is 2. The van der Waals surface area contributed by atoms with Crippen LogP contribution in [0, 0.1) is 25.7 Å². The number of carbonyl (C=O) groups is 2. The van der Waals surface area contributed by atoms with Gasteiger partial charge in [-0.15, -0.1) is 0 Å². The summed E-state index contributed by atoms with van der Waals surface area (Å²) in [6.45, 7) is 8.04. The number of aromatic nitrogens is 1. The molecule has 7 heteroatoms. The maximum absolute atomic E-state index is 13.0. The number of nitrogens with one attached hydrogen (secondary N) is 1. The third-order valence-corrected chi connectivity index (χ3v) is 7.12. The predicted molar refractivity (Wildman–Crippen MR) is 127 cm³/mol. The van der Waals surface area contributed by atoms with E-state index in [2.05, 4.69) is 17.4 Å². The molecule has 1 aliphatic heterocycles. The topological polar surface area (TPSA) is 84.7 Å². The van der Waals surface area contributed by atoms with Gasteiger partial charge in [0.15, 0.2) is 6.10 Å². The number of nitrogens with zero attached hydrogens (tertiary/aromatic N) is 2. The van der Waals surface area contributed by atoms with Crippen molar-refractivity contribution < 1.29 is 18.8 Å². The zero-order chi connectivity index (χ0) is 23.5. The summed E-state index contributed by atoms with van der Waals surface area (Å²) in [6.07, 6.45) is 7.37. The number of unbranched alkanes of at least 4 members (excludes halogenated alkanes) is 1. The zero-order valence-electron chi connectivity index (χ0n) is 20.1. The fourth-order valence-corrected chi connectivity index (χ4v) is 4.98. The first-order valence-electron chi connectivity index (χ1n) is 12.2. The Labute approximate surface area is 195 Å². The van der Waals surface area contributed by atoms with Crippen LogP contribution in [0.1, 0.15) is 75.8 Å².